The van der Waals surface area contributed by atoms with Crippen molar-refractivity contribution in [1.82, 2.24) is 0 Å². The third-order valence-corrected chi connectivity index (χ3v) is 6.05. The number of sulfonamides is 1. The summed E-state index contributed by atoms with van der Waals surface area (Å²) in [6.07, 6.45) is 0. The number of benzene rings is 2. The lowest BCUT2D eigenvalue weighted by Gasteiger charge is -2.24. The number of ether oxygens (including phenoxy) is 1. The zero-order valence-corrected chi connectivity index (χ0v) is 15.8. The fourth-order valence-corrected chi connectivity index (χ4v) is 4.27. The summed E-state index contributed by atoms with van der Waals surface area (Å²) >= 11 is 18.0. The molecule has 2 aromatic rings. The van der Waals surface area contributed by atoms with Gasteiger partial charge in [0.05, 0.1) is 32.8 Å². The van der Waals surface area contributed by atoms with Gasteiger partial charge in [0.25, 0.3) is 10.0 Å². The summed E-state index contributed by atoms with van der Waals surface area (Å²) in [6.45, 7) is -0.841. The van der Waals surface area contributed by atoms with Crippen LogP contribution in [-0.2, 0) is 14.8 Å². The zero-order valence-electron chi connectivity index (χ0n) is 12.7. The molecule has 0 saturated carbocycles. The third kappa shape index (κ3) is 4.12. The summed E-state index contributed by atoms with van der Waals surface area (Å²) in [5.74, 6) is -1.08. The van der Waals surface area contributed by atoms with Gasteiger partial charge in [0.15, 0.2) is 0 Å². The van der Waals surface area contributed by atoms with Crippen molar-refractivity contribution in [1.29, 1.82) is 0 Å². The molecule has 6 nitrogen and oxygen atoms in total. The van der Waals surface area contributed by atoms with E-state index in [1.54, 1.807) is 0 Å². The summed E-state index contributed by atoms with van der Waals surface area (Å²) in [7, 11) is -2.88. The molecular formula is C15H12Cl3NO5S. The van der Waals surface area contributed by atoms with E-state index < -0.39 is 22.5 Å². The number of anilines is 1. The van der Waals surface area contributed by atoms with E-state index >= 15 is 0 Å². The first-order chi connectivity index (χ1) is 11.7. The van der Waals surface area contributed by atoms with Crippen LogP contribution in [0.1, 0.15) is 0 Å². The fraction of sp³-hybridized carbons (Fsp3) is 0.133. The molecule has 10 heteroatoms. The van der Waals surface area contributed by atoms with Crippen molar-refractivity contribution in [2.45, 2.75) is 4.90 Å². The van der Waals surface area contributed by atoms with Crippen LogP contribution >= 0.6 is 34.8 Å². The van der Waals surface area contributed by atoms with Crippen LogP contribution in [0.25, 0.3) is 0 Å². The van der Waals surface area contributed by atoms with E-state index in [0.717, 1.165) is 0 Å². The first-order valence-corrected chi connectivity index (χ1v) is 9.28. The first-order valence-electron chi connectivity index (χ1n) is 6.70. The molecule has 2 aromatic carbocycles. The standard InChI is InChI=1S/C15H12Cl3NO5S/c1-24-13-6-5-9(7-11(13)17)25(22,23)19(8-14(20)21)12-4-2-3-10(16)15(12)18/h2-7H,8H2,1H3,(H,20,21). The molecule has 0 atom stereocenters. The highest BCUT2D eigenvalue weighted by Crippen LogP contribution is 2.36. The molecule has 0 aliphatic carbocycles. The number of carboxylic acid groups (broad SMARTS) is 1. The molecule has 0 aromatic heterocycles. The van der Waals surface area contributed by atoms with E-state index in [9.17, 15) is 13.2 Å². The summed E-state index contributed by atoms with van der Waals surface area (Å²) in [6, 6.07) is 8.09. The van der Waals surface area contributed by atoms with Crippen molar-refractivity contribution in [2.75, 3.05) is 18.0 Å². The van der Waals surface area contributed by atoms with Crippen molar-refractivity contribution in [2.24, 2.45) is 0 Å². The molecule has 1 N–H and O–H groups in total. The van der Waals surface area contributed by atoms with Crippen LogP contribution in [0, 0.1) is 0 Å². The van der Waals surface area contributed by atoms with Crippen LogP contribution in [-0.4, -0.2) is 33.1 Å². The van der Waals surface area contributed by atoms with E-state index in [4.69, 9.17) is 44.6 Å². The van der Waals surface area contributed by atoms with E-state index in [-0.39, 0.29) is 31.4 Å². The van der Waals surface area contributed by atoms with Gasteiger partial charge in [-0.05, 0) is 30.3 Å². The first kappa shape index (κ1) is 19.7. The van der Waals surface area contributed by atoms with Crippen molar-refractivity contribution < 1.29 is 23.1 Å². The van der Waals surface area contributed by atoms with E-state index in [0.29, 0.717) is 4.31 Å². The molecule has 0 spiro atoms. The summed E-state index contributed by atoms with van der Waals surface area (Å²) in [5, 5.41) is 9.21. The Kier molecular flexibility index (Phi) is 6.05. The average Bonchev–Trinajstić information content (AvgIpc) is 2.55. The summed E-state index contributed by atoms with van der Waals surface area (Å²) < 4.78 is 31.5. The number of hydrogen-bond acceptors (Lipinski definition) is 4. The minimum absolute atomic E-state index is 0.0523. The Morgan fingerprint density at radius 2 is 1.84 bits per heavy atom. The molecule has 134 valence electrons. The number of hydrogen-bond donors (Lipinski definition) is 1. The molecule has 0 aliphatic rings. The second-order valence-electron chi connectivity index (χ2n) is 4.77. The molecular weight excluding hydrogens is 413 g/mol. The molecule has 0 bridgehead atoms. The van der Waals surface area contributed by atoms with Crippen LogP contribution in [0.4, 0.5) is 5.69 Å². The number of nitrogens with zero attached hydrogens (tertiary/aromatic N) is 1. The topological polar surface area (TPSA) is 83.9 Å². The van der Waals surface area contributed by atoms with Gasteiger partial charge in [-0.25, -0.2) is 8.42 Å². The Labute approximate surface area is 159 Å². The molecule has 0 heterocycles. The number of rotatable bonds is 6. The van der Waals surface area contributed by atoms with Crippen LogP contribution in [0.3, 0.4) is 0 Å². The average molecular weight is 425 g/mol. The second kappa shape index (κ2) is 7.70. The monoisotopic (exact) mass is 423 g/mol. The Balaban J connectivity index is 2.62. The molecule has 0 aliphatic heterocycles. The molecule has 0 fully saturated rings. The highest BCUT2D eigenvalue weighted by Gasteiger charge is 2.29. The van der Waals surface area contributed by atoms with Crippen LogP contribution in [0.15, 0.2) is 41.3 Å². The zero-order chi connectivity index (χ0) is 18.8. The number of halogens is 3. The van der Waals surface area contributed by atoms with Crippen molar-refractivity contribution in [3.05, 3.63) is 51.5 Å². The third-order valence-electron chi connectivity index (χ3n) is 3.19. The number of carbonyl (C=O) groups is 1. The van der Waals surface area contributed by atoms with Crippen molar-refractivity contribution in [3.8, 4) is 5.75 Å². The Bertz CT molecular complexity index is 917. The Hall–Kier alpha value is -1.67. The van der Waals surface area contributed by atoms with E-state index in [2.05, 4.69) is 0 Å². The van der Waals surface area contributed by atoms with Gasteiger partial charge < -0.3 is 9.84 Å². The number of carboxylic acids is 1. The Morgan fingerprint density at radius 1 is 1.16 bits per heavy atom. The maximum atomic E-state index is 12.9. The number of methoxy groups -OCH3 is 1. The lowest BCUT2D eigenvalue weighted by Crippen LogP contribution is -2.36. The lowest BCUT2D eigenvalue weighted by molar-refractivity contribution is -0.135. The van der Waals surface area contributed by atoms with Crippen LogP contribution in [0.5, 0.6) is 5.75 Å². The van der Waals surface area contributed by atoms with Crippen LogP contribution in [0.2, 0.25) is 15.1 Å². The van der Waals surface area contributed by atoms with Gasteiger partial charge in [0, 0.05) is 0 Å². The van der Waals surface area contributed by atoms with Gasteiger partial charge in [0.1, 0.15) is 12.3 Å². The second-order valence-corrected chi connectivity index (χ2v) is 7.83. The Morgan fingerprint density at radius 3 is 2.40 bits per heavy atom. The quantitative estimate of drug-likeness (QED) is 0.759. The van der Waals surface area contributed by atoms with E-state index in [1.165, 1.54) is 43.5 Å². The fourth-order valence-electron chi connectivity index (χ4n) is 2.04. The van der Waals surface area contributed by atoms with Gasteiger partial charge >= 0.3 is 5.97 Å². The predicted molar refractivity (Wildman–Crippen MR) is 96.6 cm³/mol. The maximum Gasteiger partial charge on any atom is 0.324 e. The van der Waals surface area contributed by atoms with Gasteiger partial charge in [0.2, 0.25) is 0 Å². The molecule has 2 rings (SSSR count). The van der Waals surface area contributed by atoms with Gasteiger partial charge in [-0.15, -0.1) is 0 Å². The normalized spacial score (nSPS) is 11.2. The molecule has 0 amide bonds. The van der Waals surface area contributed by atoms with Gasteiger partial charge in [-0.2, -0.15) is 0 Å². The molecule has 0 radical (unpaired) electrons. The smallest absolute Gasteiger partial charge is 0.324 e. The van der Waals surface area contributed by atoms with Gasteiger partial charge in [-0.3, -0.25) is 9.10 Å². The lowest BCUT2D eigenvalue weighted by atomic mass is 10.3. The molecule has 0 unspecified atom stereocenters. The van der Waals surface area contributed by atoms with Gasteiger partial charge in [-0.1, -0.05) is 40.9 Å². The summed E-state index contributed by atoms with van der Waals surface area (Å²) in [4.78, 5) is 11.0. The SMILES string of the molecule is COc1ccc(S(=O)(=O)N(CC(=O)O)c2cccc(Cl)c2Cl)cc1Cl. The van der Waals surface area contributed by atoms with E-state index in [1.807, 2.05) is 0 Å². The summed E-state index contributed by atoms with van der Waals surface area (Å²) in [5.41, 5.74) is -0.0523. The minimum atomic E-state index is -4.27. The van der Waals surface area contributed by atoms with Crippen LogP contribution < -0.4 is 9.04 Å². The minimum Gasteiger partial charge on any atom is -0.495 e. The maximum absolute atomic E-state index is 12.9. The number of aliphatic carboxylic acids is 1. The molecule has 0 saturated heterocycles. The molecule has 25 heavy (non-hydrogen) atoms. The van der Waals surface area contributed by atoms with Crippen molar-refractivity contribution in [3.63, 3.8) is 0 Å². The largest absolute Gasteiger partial charge is 0.495 e. The highest BCUT2D eigenvalue weighted by atomic mass is 35.5. The predicted octanol–water partition coefficient (Wildman–Crippen LogP) is 3.94. The highest BCUT2D eigenvalue weighted by molar-refractivity contribution is 7.92. The van der Waals surface area contributed by atoms with Crippen molar-refractivity contribution >= 4 is 56.5 Å².